The fraction of sp³-hybridized carbons (Fsp3) is 0.250. The number of ether oxygens (including phenoxy) is 2. The molecule has 0 aliphatic heterocycles. The number of nitrogens with one attached hydrogen (secondary N) is 1. The highest BCUT2D eigenvalue weighted by atomic mass is 32.2. The third kappa shape index (κ3) is 4.58. The molecule has 0 saturated heterocycles. The van der Waals surface area contributed by atoms with Crippen molar-refractivity contribution in [2.24, 2.45) is 0 Å². The van der Waals surface area contributed by atoms with Gasteiger partial charge < -0.3 is 9.47 Å². The number of hydrogen-bond donors (Lipinski definition) is 1. The second-order valence-corrected chi connectivity index (χ2v) is 6.57. The first-order chi connectivity index (χ1) is 11.3. The van der Waals surface area contributed by atoms with E-state index in [-0.39, 0.29) is 28.7 Å². The van der Waals surface area contributed by atoms with Gasteiger partial charge in [0.25, 0.3) is 10.0 Å². The van der Waals surface area contributed by atoms with Gasteiger partial charge in [0.05, 0.1) is 17.2 Å². The van der Waals surface area contributed by atoms with E-state index in [1.807, 2.05) is 6.92 Å². The summed E-state index contributed by atoms with van der Waals surface area (Å²) in [5.74, 6) is -0.132. The maximum atomic E-state index is 12.4. The molecule has 0 radical (unpaired) electrons. The number of sulfonamides is 1. The Morgan fingerprint density at radius 1 is 1.08 bits per heavy atom. The quantitative estimate of drug-likeness (QED) is 0.819. The predicted molar refractivity (Wildman–Crippen MR) is 86.2 cm³/mol. The van der Waals surface area contributed by atoms with Crippen molar-refractivity contribution in [2.75, 3.05) is 11.3 Å². The molecule has 2 rings (SSSR count). The van der Waals surface area contributed by atoms with E-state index in [2.05, 4.69) is 9.46 Å². The van der Waals surface area contributed by atoms with Crippen LogP contribution in [0.25, 0.3) is 0 Å². The summed E-state index contributed by atoms with van der Waals surface area (Å²) in [6.45, 7) is 0.738. The van der Waals surface area contributed by atoms with E-state index in [9.17, 15) is 17.2 Å². The number of hydrogen-bond acceptors (Lipinski definition) is 4. The molecule has 24 heavy (non-hydrogen) atoms. The number of alkyl halides is 2. The van der Waals surface area contributed by atoms with Crippen molar-refractivity contribution >= 4 is 15.7 Å². The van der Waals surface area contributed by atoms with Gasteiger partial charge in [0.1, 0.15) is 0 Å². The van der Waals surface area contributed by atoms with Gasteiger partial charge in [-0.15, -0.1) is 0 Å². The van der Waals surface area contributed by atoms with E-state index in [0.29, 0.717) is 0 Å². The number of benzene rings is 2. The summed E-state index contributed by atoms with van der Waals surface area (Å²) < 4.78 is 61.4. The van der Waals surface area contributed by atoms with Gasteiger partial charge >= 0.3 is 6.61 Å². The molecule has 0 amide bonds. The van der Waals surface area contributed by atoms with Crippen molar-refractivity contribution in [3.05, 3.63) is 48.0 Å². The molecule has 0 saturated carbocycles. The summed E-state index contributed by atoms with van der Waals surface area (Å²) in [7, 11) is -3.79. The zero-order chi connectivity index (χ0) is 17.7. The molecule has 2 aromatic rings. The molecule has 0 atom stereocenters. The zero-order valence-electron chi connectivity index (χ0n) is 13.1. The minimum absolute atomic E-state index is 0.0295. The SMILES string of the molecule is CCOc1cc(NS(=O)(=O)c2ccc(C)cc2)ccc1OC(F)F. The summed E-state index contributed by atoms with van der Waals surface area (Å²) in [5.41, 5.74) is 1.11. The average molecular weight is 357 g/mol. The average Bonchev–Trinajstić information content (AvgIpc) is 2.50. The molecule has 0 aliphatic rings. The molecule has 1 N–H and O–H groups in total. The molecule has 0 spiro atoms. The molecule has 0 aromatic heterocycles. The molecule has 0 bridgehead atoms. The second-order valence-electron chi connectivity index (χ2n) is 4.89. The van der Waals surface area contributed by atoms with Gasteiger partial charge in [0, 0.05) is 6.07 Å². The lowest BCUT2D eigenvalue weighted by Crippen LogP contribution is -2.13. The van der Waals surface area contributed by atoms with Crippen molar-refractivity contribution < 1.29 is 26.7 Å². The number of aryl methyl sites for hydroxylation is 1. The van der Waals surface area contributed by atoms with E-state index in [1.165, 1.54) is 30.3 Å². The molecule has 8 heteroatoms. The number of rotatable bonds is 7. The van der Waals surface area contributed by atoms with Crippen LogP contribution in [0, 0.1) is 6.92 Å². The van der Waals surface area contributed by atoms with Gasteiger partial charge in [-0.3, -0.25) is 4.72 Å². The summed E-state index contributed by atoms with van der Waals surface area (Å²) in [4.78, 5) is 0.0963. The summed E-state index contributed by atoms with van der Waals surface area (Å²) in [6.07, 6.45) is 0. The third-order valence-electron chi connectivity index (χ3n) is 3.04. The van der Waals surface area contributed by atoms with Crippen molar-refractivity contribution in [1.82, 2.24) is 0 Å². The molecule has 2 aromatic carbocycles. The molecular weight excluding hydrogens is 340 g/mol. The van der Waals surface area contributed by atoms with Crippen LogP contribution in [0.4, 0.5) is 14.5 Å². The van der Waals surface area contributed by atoms with Crippen molar-refractivity contribution in [3.8, 4) is 11.5 Å². The van der Waals surface area contributed by atoms with E-state index in [1.54, 1.807) is 19.1 Å². The topological polar surface area (TPSA) is 64.6 Å². The van der Waals surface area contributed by atoms with Gasteiger partial charge in [-0.25, -0.2) is 8.42 Å². The standard InChI is InChI=1S/C16H17F2NO4S/c1-3-22-15-10-12(6-9-14(15)23-16(17)18)19-24(20,21)13-7-4-11(2)5-8-13/h4-10,16,19H,3H2,1-2H3. The summed E-state index contributed by atoms with van der Waals surface area (Å²) in [5, 5.41) is 0. The Hall–Kier alpha value is -2.35. The largest absolute Gasteiger partial charge is 0.490 e. The Morgan fingerprint density at radius 3 is 2.33 bits per heavy atom. The van der Waals surface area contributed by atoms with Gasteiger partial charge in [-0.2, -0.15) is 8.78 Å². The fourth-order valence-electron chi connectivity index (χ4n) is 1.96. The second kappa shape index (κ2) is 7.48. The highest BCUT2D eigenvalue weighted by Crippen LogP contribution is 2.32. The lowest BCUT2D eigenvalue weighted by atomic mass is 10.2. The van der Waals surface area contributed by atoms with Gasteiger partial charge in [0.2, 0.25) is 0 Å². The van der Waals surface area contributed by atoms with Crippen LogP contribution in [-0.2, 0) is 10.0 Å². The molecule has 0 fully saturated rings. The van der Waals surface area contributed by atoms with Crippen LogP contribution in [0.2, 0.25) is 0 Å². The maximum Gasteiger partial charge on any atom is 0.387 e. The van der Waals surface area contributed by atoms with Crippen LogP contribution < -0.4 is 14.2 Å². The highest BCUT2D eigenvalue weighted by molar-refractivity contribution is 7.92. The van der Waals surface area contributed by atoms with Crippen molar-refractivity contribution in [3.63, 3.8) is 0 Å². The van der Waals surface area contributed by atoms with Crippen LogP contribution in [0.1, 0.15) is 12.5 Å². The van der Waals surface area contributed by atoms with Crippen LogP contribution >= 0.6 is 0 Å². The lowest BCUT2D eigenvalue weighted by Gasteiger charge is -2.14. The highest BCUT2D eigenvalue weighted by Gasteiger charge is 2.16. The summed E-state index contributed by atoms with van der Waals surface area (Å²) in [6, 6.07) is 10.2. The molecule has 5 nitrogen and oxygen atoms in total. The van der Waals surface area contributed by atoms with Crippen LogP contribution in [0.15, 0.2) is 47.4 Å². The zero-order valence-corrected chi connectivity index (χ0v) is 13.9. The minimum Gasteiger partial charge on any atom is -0.490 e. The smallest absolute Gasteiger partial charge is 0.387 e. The third-order valence-corrected chi connectivity index (χ3v) is 4.44. The first kappa shape index (κ1) is 18.0. The molecular formula is C16H17F2NO4S. The molecule has 0 unspecified atom stereocenters. The van der Waals surface area contributed by atoms with Gasteiger partial charge in [-0.05, 0) is 38.1 Å². The Bertz CT molecular complexity index is 792. The normalized spacial score (nSPS) is 11.4. The van der Waals surface area contributed by atoms with Gasteiger partial charge in [-0.1, -0.05) is 17.7 Å². The number of halogens is 2. The first-order valence-corrected chi connectivity index (χ1v) is 8.61. The monoisotopic (exact) mass is 357 g/mol. The van der Waals surface area contributed by atoms with Crippen LogP contribution in [0.3, 0.4) is 0 Å². The van der Waals surface area contributed by atoms with Crippen LogP contribution in [-0.4, -0.2) is 21.6 Å². The van der Waals surface area contributed by atoms with Crippen LogP contribution in [0.5, 0.6) is 11.5 Å². The lowest BCUT2D eigenvalue weighted by molar-refractivity contribution is -0.0514. The first-order valence-electron chi connectivity index (χ1n) is 7.13. The van der Waals surface area contributed by atoms with Gasteiger partial charge in [0.15, 0.2) is 11.5 Å². The Morgan fingerprint density at radius 2 is 1.75 bits per heavy atom. The minimum atomic E-state index is -3.79. The Balaban J connectivity index is 2.28. The Labute approximate surface area is 139 Å². The molecule has 0 heterocycles. The fourth-order valence-corrected chi connectivity index (χ4v) is 3.01. The molecule has 130 valence electrons. The Kier molecular flexibility index (Phi) is 5.61. The predicted octanol–water partition coefficient (Wildman–Crippen LogP) is 3.80. The molecule has 0 aliphatic carbocycles. The van der Waals surface area contributed by atoms with Crippen molar-refractivity contribution in [2.45, 2.75) is 25.4 Å². The summed E-state index contributed by atoms with van der Waals surface area (Å²) >= 11 is 0. The number of anilines is 1. The van der Waals surface area contributed by atoms with Crippen molar-refractivity contribution in [1.29, 1.82) is 0 Å². The van der Waals surface area contributed by atoms with E-state index in [0.717, 1.165) is 5.56 Å². The van der Waals surface area contributed by atoms with E-state index < -0.39 is 16.6 Å². The van der Waals surface area contributed by atoms with E-state index >= 15 is 0 Å². The maximum absolute atomic E-state index is 12.4. The van der Waals surface area contributed by atoms with E-state index in [4.69, 9.17) is 4.74 Å².